The van der Waals surface area contributed by atoms with Crippen LogP contribution in [0, 0.1) is 0 Å². The number of esters is 1. The molecule has 0 aliphatic rings. The molecule has 0 N–H and O–H groups in total. The third-order valence-electron chi connectivity index (χ3n) is 6.84. The minimum absolute atomic E-state index is 0.142. The van der Waals surface area contributed by atoms with Crippen LogP contribution in [0.3, 0.4) is 0 Å². The van der Waals surface area contributed by atoms with Gasteiger partial charge in [0.25, 0.3) is 0 Å². The summed E-state index contributed by atoms with van der Waals surface area (Å²) in [5.41, 5.74) is 0. The molecule has 0 aromatic rings. The molecule has 0 fully saturated rings. The lowest BCUT2D eigenvalue weighted by Gasteiger charge is -2.09. The van der Waals surface area contributed by atoms with Crippen LogP contribution in [0.1, 0.15) is 78.1 Å². The second-order valence-electron chi connectivity index (χ2n) is 11.2. The monoisotopic (exact) mass is 712 g/mol. The average Bonchev–Trinajstić information content (AvgIpc) is 3.11. The lowest BCUT2D eigenvalue weighted by molar-refractivity contribution is -0.145. The Kier molecular flexibility index (Phi) is 44.2. The molecule has 0 saturated heterocycles. The van der Waals surface area contributed by atoms with Crippen molar-refractivity contribution in [2.24, 2.45) is 0 Å². The third-order valence-corrected chi connectivity index (χ3v) is 6.84. The van der Waals surface area contributed by atoms with Crippen LogP contribution in [-0.2, 0) is 61.6 Å². The van der Waals surface area contributed by atoms with Gasteiger partial charge < -0.3 is 56.8 Å². The van der Waals surface area contributed by atoms with Crippen molar-refractivity contribution in [2.75, 3.05) is 152 Å². The van der Waals surface area contributed by atoms with Gasteiger partial charge in [0.15, 0.2) is 0 Å². The number of hydrogen-bond acceptors (Lipinski definition) is 13. The Morgan fingerprint density at radius 3 is 0.857 bits per heavy atom. The summed E-state index contributed by atoms with van der Waals surface area (Å²) < 4.78 is 65.4. The van der Waals surface area contributed by atoms with Gasteiger partial charge in [-0.15, -0.1) is 0 Å². The molecule has 0 saturated carbocycles. The lowest BCUT2D eigenvalue weighted by Crippen LogP contribution is -2.15. The maximum Gasteiger partial charge on any atom is 0.305 e. The molecule has 0 aromatic heterocycles. The molecule has 0 aliphatic carbocycles. The SMILES string of the molecule is CCCCCCCCC(=O)OCCOCCOCCOCCOCCOCCOCCOCCOCCOCCOCCOCCCCC. The molecule has 0 amide bonds. The number of hydrogen-bond donors (Lipinski definition) is 0. The van der Waals surface area contributed by atoms with E-state index in [1.807, 2.05) is 0 Å². The standard InChI is InChI=1S/C36H72O13/c1-3-5-7-8-9-10-12-36(37)49-35-34-48-33-32-47-31-30-46-29-28-45-27-26-44-25-24-43-23-22-42-21-20-41-19-18-40-17-16-39-15-14-38-13-11-6-4-2/h3-35H2,1-2H3. The zero-order valence-electron chi connectivity index (χ0n) is 31.1. The second-order valence-corrected chi connectivity index (χ2v) is 11.2. The summed E-state index contributed by atoms with van der Waals surface area (Å²) in [4.78, 5) is 11.7. The van der Waals surface area contributed by atoms with Crippen molar-refractivity contribution in [3.63, 3.8) is 0 Å². The van der Waals surface area contributed by atoms with Crippen molar-refractivity contribution in [1.29, 1.82) is 0 Å². The first-order valence-electron chi connectivity index (χ1n) is 18.8. The van der Waals surface area contributed by atoms with Crippen LogP contribution in [0.4, 0.5) is 0 Å². The summed E-state index contributed by atoms with van der Waals surface area (Å²) in [6.45, 7) is 16.3. The van der Waals surface area contributed by atoms with Gasteiger partial charge in [0.05, 0.1) is 139 Å². The van der Waals surface area contributed by atoms with Gasteiger partial charge in [-0.05, 0) is 12.8 Å². The Morgan fingerprint density at radius 1 is 0.286 bits per heavy atom. The van der Waals surface area contributed by atoms with Gasteiger partial charge in [0.2, 0.25) is 0 Å². The summed E-state index contributed by atoms with van der Waals surface area (Å²) in [5, 5.41) is 0. The molecule has 0 rings (SSSR count). The van der Waals surface area contributed by atoms with E-state index in [0.717, 1.165) is 25.9 Å². The molecule has 0 unspecified atom stereocenters. The zero-order valence-corrected chi connectivity index (χ0v) is 31.1. The van der Waals surface area contributed by atoms with Crippen LogP contribution < -0.4 is 0 Å². The quantitative estimate of drug-likeness (QED) is 0.0643. The first-order valence-corrected chi connectivity index (χ1v) is 18.8. The lowest BCUT2D eigenvalue weighted by atomic mass is 10.1. The summed E-state index contributed by atoms with van der Waals surface area (Å²) >= 11 is 0. The van der Waals surface area contributed by atoms with Crippen molar-refractivity contribution in [2.45, 2.75) is 78.1 Å². The van der Waals surface area contributed by atoms with Gasteiger partial charge in [-0.3, -0.25) is 4.79 Å². The number of carbonyl (C=O) groups is 1. The first-order chi connectivity index (χ1) is 24.3. The number of carbonyl (C=O) groups excluding carboxylic acids is 1. The van der Waals surface area contributed by atoms with Gasteiger partial charge in [0.1, 0.15) is 6.61 Å². The highest BCUT2D eigenvalue weighted by molar-refractivity contribution is 5.69. The van der Waals surface area contributed by atoms with E-state index < -0.39 is 0 Å². The van der Waals surface area contributed by atoms with Gasteiger partial charge >= 0.3 is 5.97 Å². The Balaban J connectivity index is 3.09. The Bertz CT molecular complexity index is 615. The third kappa shape index (κ3) is 45.0. The highest BCUT2D eigenvalue weighted by Crippen LogP contribution is 2.07. The Hall–Kier alpha value is -0.970. The minimum atomic E-state index is -0.142. The van der Waals surface area contributed by atoms with Crippen molar-refractivity contribution < 1.29 is 61.6 Å². The maximum atomic E-state index is 11.7. The van der Waals surface area contributed by atoms with Gasteiger partial charge in [-0.2, -0.15) is 0 Å². The van der Waals surface area contributed by atoms with Gasteiger partial charge in [-0.1, -0.05) is 58.8 Å². The molecule has 0 aliphatic heterocycles. The smallest absolute Gasteiger partial charge is 0.305 e. The zero-order chi connectivity index (χ0) is 35.4. The van der Waals surface area contributed by atoms with Crippen molar-refractivity contribution >= 4 is 5.97 Å². The molecule has 0 radical (unpaired) electrons. The largest absolute Gasteiger partial charge is 0.463 e. The summed E-state index contributed by atoms with van der Waals surface area (Å²) in [5.74, 6) is -0.142. The second kappa shape index (κ2) is 45.1. The topological polar surface area (TPSA) is 128 Å². The van der Waals surface area contributed by atoms with Gasteiger partial charge in [0, 0.05) is 13.0 Å². The van der Waals surface area contributed by atoms with E-state index in [-0.39, 0.29) is 12.6 Å². The van der Waals surface area contributed by atoms with E-state index >= 15 is 0 Å². The number of unbranched alkanes of at least 4 members (excludes halogenated alkanes) is 7. The maximum absolute atomic E-state index is 11.7. The Morgan fingerprint density at radius 2 is 0.531 bits per heavy atom. The van der Waals surface area contributed by atoms with Crippen molar-refractivity contribution in [3.05, 3.63) is 0 Å². The predicted octanol–water partition coefficient (Wildman–Crippen LogP) is 4.65. The summed E-state index contributed by atoms with van der Waals surface area (Å²) in [6.07, 6.45) is 11.0. The number of rotatable bonds is 44. The molecule has 13 nitrogen and oxygen atoms in total. The van der Waals surface area contributed by atoms with E-state index in [1.165, 1.54) is 38.5 Å². The normalized spacial score (nSPS) is 11.5. The van der Waals surface area contributed by atoms with E-state index in [9.17, 15) is 4.79 Å². The molecule has 49 heavy (non-hydrogen) atoms. The molecular weight excluding hydrogens is 640 g/mol. The Labute approximate surface area is 297 Å². The fraction of sp³-hybridized carbons (Fsp3) is 0.972. The molecule has 0 bridgehead atoms. The molecular formula is C36H72O13. The average molecular weight is 713 g/mol. The van der Waals surface area contributed by atoms with Crippen molar-refractivity contribution in [1.82, 2.24) is 0 Å². The highest BCUT2D eigenvalue weighted by atomic mass is 16.6. The fourth-order valence-electron chi connectivity index (χ4n) is 4.09. The van der Waals surface area contributed by atoms with E-state index in [0.29, 0.717) is 145 Å². The van der Waals surface area contributed by atoms with Crippen LogP contribution in [-0.4, -0.2) is 158 Å². The predicted molar refractivity (Wildman–Crippen MR) is 187 cm³/mol. The summed E-state index contributed by atoms with van der Waals surface area (Å²) in [7, 11) is 0. The van der Waals surface area contributed by atoms with Crippen LogP contribution in [0.15, 0.2) is 0 Å². The van der Waals surface area contributed by atoms with Crippen LogP contribution in [0.5, 0.6) is 0 Å². The highest BCUT2D eigenvalue weighted by Gasteiger charge is 2.03. The van der Waals surface area contributed by atoms with Crippen LogP contribution >= 0.6 is 0 Å². The van der Waals surface area contributed by atoms with Crippen LogP contribution in [0.25, 0.3) is 0 Å². The van der Waals surface area contributed by atoms with E-state index in [2.05, 4.69) is 13.8 Å². The molecule has 0 atom stereocenters. The molecule has 0 spiro atoms. The van der Waals surface area contributed by atoms with E-state index in [1.54, 1.807) is 0 Å². The molecule has 0 heterocycles. The fourth-order valence-corrected chi connectivity index (χ4v) is 4.09. The minimum Gasteiger partial charge on any atom is -0.463 e. The number of ether oxygens (including phenoxy) is 12. The molecule has 294 valence electrons. The van der Waals surface area contributed by atoms with Gasteiger partial charge in [-0.25, -0.2) is 0 Å². The van der Waals surface area contributed by atoms with Crippen LogP contribution in [0.2, 0.25) is 0 Å². The summed E-state index contributed by atoms with van der Waals surface area (Å²) in [6, 6.07) is 0. The molecule has 13 heteroatoms. The first kappa shape index (κ1) is 48.0. The molecule has 0 aromatic carbocycles. The van der Waals surface area contributed by atoms with Crippen molar-refractivity contribution in [3.8, 4) is 0 Å². The van der Waals surface area contributed by atoms with E-state index in [4.69, 9.17) is 56.8 Å².